The van der Waals surface area contributed by atoms with E-state index in [4.69, 9.17) is 17.3 Å². The fourth-order valence-electron chi connectivity index (χ4n) is 1.85. The van der Waals surface area contributed by atoms with Crippen molar-refractivity contribution in [2.45, 2.75) is 6.54 Å². The second-order valence-corrected chi connectivity index (χ2v) is 4.68. The molecule has 2 aromatic rings. The Bertz CT molecular complexity index is 602. The van der Waals surface area contributed by atoms with Crippen molar-refractivity contribution in [3.05, 3.63) is 58.6 Å². The lowest BCUT2D eigenvalue weighted by Gasteiger charge is -2.22. The average Bonchev–Trinajstić information content (AvgIpc) is 2.36. The third-order valence-electron chi connectivity index (χ3n) is 2.85. The quantitative estimate of drug-likeness (QED) is 0.867. The Hall–Kier alpha value is -1.81. The molecule has 0 radical (unpaired) electrons. The van der Waals surface area contributed by atoms with E-state index in [9.17, 15) is 8.78 Å². The molecule has 0 aromatic heterocycles. The van der Waals surface area contributed by atoms with E-state index in [-0.39, 0.29) is 5.69 Å². The van der Waals surface area contributed by atoms with Crippen LogP contribution >= 0.6 is 11.6 Å². The third kappa shape index (κ3) is 2.96. The first-order valence-corrected chi connectivity index (χ1v) is 6.06. The molecule has 2 N–H and O–H groups in total. The van der Waals surface area contributed by atoms with Crippen LogP contribution in [0.5, 0.6) is 0 Å². The topological polar surface area (TPSA) is 29.3 Å². The first-order chi connectivity index (χ1) is 8.99. The minimum atomic E-state index is -0.763. The summed E-state index contributed by atoms with van der Waals surface area (Å²) in [6.07, 6.45) is 0. The summed E-state index contributed by atoms with van der Waals surface area (Å²) in [5.74, 6) is -1.42. The maximum absolute atomic E-state index is 13.4. The number of nitrogen functional groups attached to an aromatic ring is 1. The zero-order valence-corrected chi connectivity index (χ0v) is 11.1. The molecule has 0 amide bonds. The first-order valence-electron chi connectivity index (χ1n) is 5.68. The van der Waals surface area contributed by atoms with Crippen LogP contribution < -0.4 is 10.6 Å². The monoisotopic (exact) mass is 282 g/mol. The van der Waals surface area contributed by atoms with E-state index in [2.05, 4.69) is 0 Å². The number of halogens is 3. The van der Waals surface area contributed by atoms with Gasteiger partial charge in [0.15, 0.2) is 5.82 Å². The summed E-state index contributed by atoms with van der Waals surface area (Å²) in [7, 11) is 1.70. The van der Waals surface area contributed by atoms with Crippen molar-refractivity contribution >= 4 is 23.0 Å². The summed E-state index contributed by atoms with van der Waals surface area (Å²) < 4.78 is 26.6. The summed E-state index contributed by atoms with van der Waals surface area (Å²) in [5.41, 5.74) is 6.71. The average molecular weight is 283 g/mol. The van der Waals surface area contributed by atoms with Gasteiger partial charge < -0.3 is 10.6 Å². The molecular weight excluding hydrogens is 270 g/mol. The van der Waals surface area contributed by atoms with E-state index >= 15 is 0 Å². The number of anilines is 2. The van der Waals surface area contributed by atoms with Crippen LogP contribution in [0, 0.1) is 11.6 Å². The molecule has 0 unspecified atom stereocenters. The fraction of sp³-hybridized carbons (Fsp3) is 0.143. The van der Waals surface area contributed by atoms with Crippen LogP contribution in [0.4, 0.5) is 20.2 Å². The van der Waals surface area contributed by atoms with Crippen LogP contribution in [0.15, 0.2) is 36.4 Å². The van der Waals surface area contributed by atoms with Gasteiger partial charge in [-0.3, -0.25) is 0 Å². The second kappa shape index (κ2) is 5.45. The summed E-state index contributed by atoms with van der Waals surface area (Å²) in [4.78, 5) is 1.66. The highest BCUT2D eigenvalue weighted by Crippen LogP contribution is 2.28. The van der Waals surface area contributed by atoms with E-state index < -0.39 is 11.6 Å². The second-order valence-electron chi connectivity index (χ2n) is 4.27. The number of benzene rings is 2. The molecule has 100 valence electrons. The van der Waals surface area contributed by atoms with E-state index in [1.165, 1.54) is 6.07 Å². The van der Waals surface area contributed by atoms with Crippen LogP contribution in [-0.2, 0) is 6.54 Å². The van der Waals surface area contributed by atoms with E-state index in [1.54, 1.807) is 18.0 Å². The van der Waals surface area contributed by atoms with Crippen molar-refractivity contribution in [1.29, 1.82) is 0 Å². The lowest BCUT2D eigenvalue weighted by Crippen LogP contribution is -2.19. The van der Waals surface area contributed by atoms with Crippen molar-refractivity contribution in [1.82, 2.24) is 0 Å². The molecule has 0 bridgehead atoms. The van der Waals surface area contributed by atoms with Gasteiger partial charge in [0.2, 0.25) is 0 Å². The first kappa shape index (κ1) is 13.6. The Labute approximate surface area is 115 Å². The van der Waals surface area contributed by atoms with E-state index in [1.807, 2.05) is 18.2 Å². The predicted octanol–water partition coefficient (Wildman–Crippen LogP) is 3.84. The largest absolute Gasteiger partial charge is 0.395 e. The smallest absolute Gasteiger partial charge is 0.151 e. The number of nitrogens with two attached hydrogens (primary N) is 1. The Morgan fingerprint density at radius 3 is 2.58 bits per heavy atom. The van der Waals surface area contributed by atoms with Crippen LogP contribution in [0.25, 0.3) is 0 Å². The molecule has 0 aliphatic rings. The molecule has 0 saturated heterocycles. The lowest BCUT2D eigenvalue weighted by molar-refractivity contribution is 0.585. The van der Waals surface area contributed by atoms with Crippen molar-refractivity contribution < 1.29 is 8.78 Å². The van der Waals surface area contributed by atoms with Crippen LogP contribution in [0.1, 0.15) is 5.56 Å². The molecular formula is C14H13ClF2N2. The standard InChI is InChI=1S/C14H13ClF2N2/c1-19(8-9-4-2-3-5-11(9)15)13-7-10(16)6-12(17)14(13)18/h2-7H,8,18H2,1H3. The summed E-state index contributed by atoms with van der Waals surface area (Å²) in [5, 5.41) is 0.602. The van der Waals surface area contributed by atoms with Gasteiger partial charge in [0.25, 0.3) is 0 Å². The maximum Gasteiger partial charge on any atom is 0.151 e. The summed E-state index contributed by atoms with van der Waals surface area (Å²) in [6.45, 7) is 0.409. The molecule has 0 saturated carbocycles. The van der Waals surface area contributed by atoms with Crippen LogP contribution in [0.2, 0.25) is 5.02 Å². The van der Waals surface area contributed by atoms with Crippen molar-refractivity contribution in [2.24, 2.45) is 0 Å². The van der Waals surface area contributed by atoms with E-state index in [0.29, 0.717) is 17.3 Å². The van der Waals surface area contributed by atoms with Crippen molar-refractivity contribution in [3.8, 4) is 0 Å². The molecule has 0 spiro atoms. The van der Waals surface area contributed by atoms with Gasteiger partial charge in [0.1, 0.15) is 5.82 Å². The molecule has 0 fully saturated rings. The third-order valence-corrected chi connectivity index (χ3v) is 3.22. The summed E-state index contributed by atoms with van der Waals surface area (Å²) in [6, 6.07) is 9.26. The molecule has 2 nitrogen and oxygen atoms in total. The zero-order chi connectivity index (χ0) is 14.0. The van der Waals surface area contributed by atoms with Gasteiger partial charge in [-0.05, 0) is 17.7 Å². The summed E-state index contributed by atoms with van der Waals surface area (Å²) >= 11 is 6.05. The molecule has 0 aliphatic heterocycles. The molecule has 0 heterocycles. The van der Waals surface area contributed by atoms with Gasteiger partial charge in [0, 0.05) is 24.7 Å². The minimum absolute atomic E-state index is 0.0732. The SMILES string of the molecule is CN(Cc1ccccc1Cl)c1cc(F)cc(F)c1N. The number of nitrogens with zero attached hydrogens (tertiary/aromatic N) is 1. The van der Waals surface area contributed by atoms with Gasteiger partial charge in [-0.15, -0.1) is 0 Å². The molecule has 5 heteroatoms. The highest BCUT2D eigenvalue weighted by Gasteiger charge is 2.13. The fourth-order valence-corrected chi connectivity index (χ4v) is 2.05. The number of hydrogen-bond donors (Lipinski definition) is 1. The molecule has 0 aliphatic carbocycles. The van der Waals surface area contributed by atoms with Gasteiger partial charge in [-0.25, -0.2) is 8.78 Å². The Morgan fingerprint density at radius 1 is 1.21 bits per heavy atom. The van der Waals surface area contributed by atoms with Crippen molar-refractivity contribution in [2.75, 3.05) is 17.7 Å². The minimum Gasteiger partial charge on any atom is -0.395 e. The van der Waals surface area contributed by atoms with Gasteiger partial charge in [-0.2, -0.15) is 0 Å². The van der Waals surface area contributed by atoms with Crippen LogP contribution in [0.3, 0.4) is 0 Å². The highest BCUT2D eigenvalue weighted by atomic mass is 35.5. The highest BCUT2D eigenvalue weighted by molar-refractivity contribution is 6.31. The Morgan fingerprint density at radius 2 is 1.89 bits per heavy atom. The molecule has 2 rings (SSSR count). The predicted molar refractivity (Wildman–Crippen MR) is 74.3 cm³/mol. The van der Waals surface area contributed by atoms with Crippen LogP contribution in [-0.4, -0.2) is 7.05 Å². The maximum atomic E-state index is 13.4. The van der Waals surface area contributed by atoms with Crippen molar-refractivity contribution in [3.63, 3.8) is 0 Å². The Kier molecular flexibility index (Phi) is 3.90. The number of rotatable bonds is 3. The van der Waals surface area contributed by atoms with Gasteiger partial charge in [0.05, 0.1) is 11.4 Å². The van der Waals surface area contributed by atoms with Gasteiger partial charge in [-0.1, -0.05) is 29.8 Å². The lowest BCUT2D eigenvalue weighted by atomic mass is 10.2. The zero-order valence-electron chi connectivity index (χ0n) is 10.3. The van der Waals surface area contributed by atoms with Gasteiger partial charge >= 0.3 is 0 Å². The Balaban J connectivity index is 2.30. The molecule has 19 heavy (non-hydrogen) atoms. The van der Waals surface area contributed by atoms with E-state index in [0.717, 1.165) is 11.6 Å². The molecule has 2 aromatic carbocycles. The number of hydrogen-bond acceptors (Lipinski definition) is 2. The molecule has 0 atom stereocenters. The normalized spacial score (nSPS) is 10.5.